The molecule has 1 aliphatic heterocycles. The average Bonchev–Trinajstić information content (AvgIpc) is 2.58. The molecule has 1 heterocycles. The average molecular weight is 257 g/mol. The van der Waals surface area contributed by atoms with Crippen LogP contribution in [-0.2, 0) is 19.1 Å². The number of hydrogen-bond acceptors (Lipinski definition) is 5. The molecule has 0 spiro atoms. The molecule has 0 bridgehead atoms. The minimum absolute atomic E-state index is 0.0155. The van der Waals surface area contributed by atoms with Crippen molar-refractivity contribution in [2.75, 3.05) is 6.61 Å². The van der Waals surface area contributed by atoms with Crippen molar-refractivity contribution in [1.29, 1.82) is 0 Å². The van der Waals surface area contributed by atoms with Gasteiger partial charge in [0.05, 0.1) is 13.0 Å². The van der Waals surface area contributed by atoms with Gasteiger partial charge in [-0.1, -0.05) is 19.8 Å². The lowest BCUT2D eigenvalue weighted by Gasteiger charge is -2.18. The van der Waals surface area contributed by atoms with Crippen LogP contribution in [0, 0.1) is 0 Å². The van der Waals surface area contributed by atoms with E-state index in [2.05, 4.69) is 10.1 Å². The van der Waals surface area contributed by atoms with E-state index in [1.807, 2.05) is 6.92 Å². The molecule has 6 nitrogen and oxygen atoms in total. The second-order valence-corrected chi connectivity index (χ2v) is 4.47. The summed E-state index contributed by atoms with van der Waals surface area (Å²) in [4.78, 5) is 34.1. The molecule has 0 saturated carbocycles. The first-order valence-electron chi connectivity index (χ1n) is 6.20. The van der Waals surface area contributed by atoms with Crippen LogP contribution in [0.25, 0.3) is 0 Å². The van der Waals surface area contributed by atoms with Crippen molar-refractivity contribution < 1.29 is 24.2 Å². The van der Waals surface area contributed by atoms with Crippen molar-refractivity contribution in [1.82, 2.24) is 5.32 Å². The summed E-state index contributed by atoms with van der Waals surface area (Å²) in [6.07, 6.45) is 2.77. The van der Waals surface area contributed by atoms with Gasteiger partial charge in [0.1, 0.15) is 5.78 Å². The normalized spacial score (nSPS) is 22.7. The summed E-state index contributed by atoms with van der Waals surface area (Å²) < 4.78 is 4.57. The number of Topliss-reactive ketones (excluding diaryl/α,β-unsaturated/α-hetero) is 1. The summed E-state index contributed by atoms with van der Waals surface area (Å²) >= 11 is 0. The standard InChI is InChI=1S/C12H19NO5/c1-2-3-4-5-9(14)8-10(15)13-12(17)6-7-18-11(12)16/h17H,2-8H2,1H3,(H,13,15)/t12-/m1/s1. The van der Waals surface area contributed by atoms with Gasteiger partial charge >= 0.3 is 5.97 Å². The van der Waals surface area contributed by atoms with Gasteiger partial charge < -0.3 is 15.2 Å². The lowest BCUT2D eigenvalue weighted by molar-refractivity contribution is -0.159. The van der Waals surface area contributed by atoms with E-state index in [4.69, 9.17) is 0 Å². The summed E-state index contributed by atoms with van der Waals surface area (Å²) in [6.45, 7) is 2.10. The summed E-state index contributed by atoms with van der Waals surface area (Å²) in [6, 6.07) is 0. The Morgan fingerprint density at radius 1 is 1.44 bits per heavy atom. The van der Waals surface area contributed by atoms with Crippen LogP contribution in [0.5, 0.6) is 0 Å². The highest BCUT2D eigenvalue weighted by Gasteiger charge is 2.44. The number of esters is 1. The van der Waals surface area contributed by atoms with Crippen LogP contribution in [0.4, 0.5) is 0 Å². The Bertz CT molecular complexity index is 341. The van der Waals surface area contributed by atoms with E-state index in [0.717, 1.165) is 19.3 Å². The van der Waals surface area contributed by atoms with E-state index >= 15 is 0 Å². The highest BCUT2D eigenvalue weighted by Crippen LogP contribution is 2.16. The zero-order valence-electron chi connectivity index (χ0n) is 10.5. The van der Waals surface area contributed by atoms with E-state index in [1.165, 1.54) is 0 Å². The third kappa shape index (κ3) is 4.10. The quantitative estimate of drug-likeness (QED) is 0.296. The SMILES string of the molecule is CCCCCC(=O)CC(=O)N[C@@]1(O)CCOC1=O. The predicted octanol–water partition coefficient (Wildman–Crippen LogP) is 0.278. The van der Waals surface area contributed by atoms with Crippen molar-refractivity contribution in [2.24, 2.45) is 0 Å². The highest BCUT2D eigenvalue weighted by molar-refractivity contribution is 5.99. The van der Waals surface area contributed by atoms with Crippen molar-refractivity contribution in [3.05, 3.63) is 0 Å². The van der Waals surface area contributed by atoms with Gasteiger partial charge in [-0.05, 0) is 6.42 Å². The van der Waals surface area contributed by atoms with Crippen LogP contribution in [0.15, 0.2) is 0 Å². The fraction of sp³-hybridized carbons (Fsp3) is 0.750. The maximum Gasteiger partial charge on any atom is 0.359 e. The van der Waals surface area contributed by atoms with E-state index in [0.29, 0.717) is 6.42 Å². The largest absolute Gasteiger partial charge is 0.462 e. The molecular weight excluding hydrogens is 238 g/mol. The molecule has 6 heteroatoms. The number of unbranched alkanes of at least 4 members (excludes halogenated alkanes) is 2. The van der Waals surface area contributed by atoms with Crippen LogP contribution in [0.2, 0.25) is 0 Å². The number of carbonyl (C=O) groups excluding carboxylic acids is 3. The van der Waals surface area contributed by atoms with Crippen molar-refractivity contribution in [2.45, 2.75) is 51.2 Å². The summed E-state index contributed by atoms with van der Waals surface area (Å²) in [5.41, 5.74) is -1.96. The molecule has 0 radical (unpaired) electrons. The lowest BCUT2D eigenvalue weighted by Crippen LogP contribution is -2.52. The number of hydrogen-bond donors (Lipinski definition) is 2. The van der Waals surface area contributed by atoms with Crippen LogP contribution in [0.3, 0.4) is 0 Å². The number of aliphatic hydroxyl groups is 1. The lowest BCUT2D eigenvalue weighted by atomic mass is 10.1. The van der Waals surface area contributed by atoms with E-state index in [1.54, 1.807) is 0 Å². The first-order chi connectivity index (χ1) is 8.48. The molecular formula is C12H19NO5. The van der Waals surface area contributed by atoms with Gasteiger partial charge in [0.15, 0.2) is 0 Å². The Labute approximate surface area is 106 Å². The smallest absolute Gasteiger partial charge is 0.359 e. The second-order valence-electron chi connectivity index (χ2n) is 4.47. The molecule has 1 rings (SSSR count). The van der Waals surface area contributed by atoms with Gasteiger partial charge in [0.2, 0.25) is 11.6 Å². The van der Waals surface area contributed by atoms with E-state index in [-0.39, 0.29) is 25.2 Å². The predicted molar refractivity (Wildman–Crippen MR) is 62.4 cm³/mol. The summed E-state index contributed by atoms with van der Waals surface area (Å²) in [5, 5.41) is 11.9. The van der Waals surface area contributed by atoms with Crippen LogP contribution in [0.1, 0.15) is 45.4 Å². The molecule has 1 saturated heterocycles. The number of amides is 1. The molecule has 1 aliphatic rings. The maximum absolute atomic E-state index is 11.5. The second kappa shape index (κ2) is 6.49. The van der Waals surface area contributed by atoms with Crippen molar-refractivity contribution in [3.63, 3.8) is 0 Å². The first-order valence-corrected chi connectivity index (χ1v) is 6.20. The Morgan fingerprint density at radius 3 is 2.72 bits per heavy atom. The molecule has 0 aromatic carbocycles. The van der Waals surface area contributed by atoms with Crippen molar-refractivity contribution in [3.8, 4) is 0 Å². The number of carbonyl (C=O) groups is 3. The Balaban J connectivity index is 2.33. The molecule has 0 unspecified atom stereocenters. The highest BCUT2D eigenvalue weighted by atomic mass is 16.6. The maximum atomic E-state index is 11.5. The molecule has 102 valence electrons. The topological polar surface area (TPSA) is 92.7 Å². The molecule has 0 aromatic heterocycles. The molecule has 1 amide bonds. The fourth-order valence-corrected chi connectivity index (χ4v) is 1.74. The number of ether oxygens (including phenoxy) is 1. The molecule has 0 aliphatic carbocycles. The van der Waals surface area contributed by atoms with Gasteiger partial charge in [0.25, 0.3) is 0 Å². The van der Waals surface area contributed by atoms with Crippen LogP contribution < -0.4 is 5.32 Å². The molecule has 0 aromatic rings. The van der Waals surface area contributed by atoms with Crippen LogP contribution >= 0.6 is 0 Å². The Morgan fingerprint density at radius 2 is 2.17 bits per heavy atom. The van der Waals surface area contributed by atoms with Gasteiger partial charge in [-0.15, -0.1) is 0 Å². The van der Waals surface area contributed by atoms with E-state index in [9.17, 15) is 19.5 Å². The molecule has 1 atom stereocenters. The summed E-state index contributed by atoms with van der Waals surface area (Å²) in [5.74, 6) is -1.69. The van der Waals surface area contributed by atoms with Gasteiger partial charge in [0, 0.05) is 12.8 Å². The number of cyclic esters (lactones) is 1. The van der Waals surface area contributed by atoms with Gasteiger partial charge in [-0.3, -0.25) is 9.59 Å². The fourth-order valence-electron chi connectivity index (χ4n) is 1.74. The van der Waals surface area contributed by atoms with Crippen molar-refractivity contribution >= 4 is 17.7 Å². The third-order valence-corrected chi connectivity index (χ3v) is 2.80. The molecule has 2 N–H and O–H groups in total. The number of rotatable bonds is 7. The van der Waals surface area contributed by atoms with Crippen LogP contribution in [-0.4, -0.2) is 35.1 Å². The Kier molecular flexibility index (Phi) is 5.27. The summed E-state index contributed by atoms with van der Waals surface area (Å²) in [7, 11) is 0. The number of ketones is 1. The first kappa shape index (κ1) is 14.6. The third-order valence-electron chi connectivity index (χ3n) is 2.80. The zero-order valence-corrected chi connectivity index (χ0v) is 10.5. The van der Waals surface area contributed by atoms with E-state index < -0.39 is 17.6 Å². The number of nitrogens with one attached hydrogen (secondary N) is 1. The molecule has 1 fully saturated rings. The molecule has 18 heavy (non-hydrogen) atoms. The minimum Gasteiger partial charge on any atom is -0.462 e. The zero-order chi connectivity index (χ0) is 13.6. The Hall–Kier alpha value is -1.43. The van der Waals surface area contributed by atoms with Gasteiger partial charge in [-0.25, -0.2) is 4.79 Å². The van der Waals surface area contributed by atoms with Gasteiger partial charge in [-0.2, -0.15) is 0 Å². The minimum atomic E-state index is -1.96. The monoisotopic (exact) mass is 257 g/mol.